The molecule has 0 fully saturated rings. The van der Waals surface area contributed by atoms with E-state index < -0.39 is 0 Å². The van der Waals surface area contributed by atoms with E-state index in [2.05, 4.69) is 5.32 Å². The first kappa shape index (κ1) is 11.5. The molecule has 1 unspecified atom stereocenters. The zero-order valence-electron chi connectivity index (χ0n) is 9.52. The van der Waals surface area contributed by atoms with Crippen LogP contribution >= 0.6 is 0 Å². The van der Waals surface area contributed by atoms with Crippen LogP contribution in [0.4, 0.5) is 10.1 Å². The van der Waals surface area contributed by atoms with Gasteiger partial charge in [0.05, 0.1) is 5.69 Å². The predicted molar refractivity (Wildman–Crippen MR) is 66.5 cm³/mol. The highest BCUT2D eigenvalue weighted by Gasteiger charge is 2.08. The Morgan fingerprint density at radius 1 is 1.12 bits per heavy atom. The largest absolute Gasteiger partial charge is 0.508 e. The molecule has 0 heterocycles. The van der Waals surface area contributed by atoms with Crippen LogP contribution in [0.25, 0.3) is 0 Å². The van der Waals surface area contributed by atoms with Gasteiger partial charge in [-0.25, -0.2) is 4.39 Å². The zero-order valence-corrected chi connectivity index (χ0v) is 9.52. The molecule has 0 spiro atoms. The molecule has 2 N–H and O–H groups in total. The molecule has 88 valence electrons. The Hall–Kier alpha value is -2.03. The van der Waals surface area contributed by atoms with Gasteiger partial charge in [0.1, 0.15) is 11.6 Å². The van der Waals surface area contributed by atoms with E-state index in [1.807, 2.05) is 13.0 Å². The number of hydrogen-bond donors (Lipinski definition) is 2. The Morgan fingerprint density at radius 3 is 2.59 bits per heavy atom. The van der Waals surface area contributed by atoms with Crippen molar-refractivity contribution in [3.63, 3.8) is 0 Å². The van der Waals surface area contributed by atoms with Crippen LogP contribution in [0.1, 0.15) is 18.5 Å². The van der Waals surface area contributed by atoms with Crippen LogP contribution in [0, 0.1) is 5.82 Å². The second-order valence-electron chi connectivity index (χ2n) is 3.94. The molecule has 17 heavy (non-hydrogen) atoms. The fourth-order valence-corrected chi connectivity index (χ4v) is 1.69. The smallest absolute Gasteiger partial charge is 0.146 e. The molecule has 0 aliphatic heterocycles. The molecule has 0 aliphatic carbocycles. The summed E-state index contributed by atoms with van der Waals surface area (Å²) in [6.07, 6.45) is 0. The summed E-state index contributed by atoms with van der Waals surface area (Å²) in [5.41, 5.74) is 1.37. The van der Waals surface area contributed by atoms with E-state index in [1.165, 1.54) is 6.07 Å². The molecule has 2 aromatic rings. The van der Waals surface area contributed by atoms with E-state index in [1.54, 1.807) is 36.4 Å². The Bertz CT molecular complexity index is 513. The molecule has 3 heteroatoms. The molecule has 0 aliphatic rings. The molecule has 0 amide bonds. The number of phenols is 1. The highest BCUT2D eigenvalue weighted by molar-refractivity contribution is 5.47. The Labute approximate surface area is 99.7 Å². The van der Waals surface area contributed by atoms with Gasteiger partial charge in [0.2, 0.25) is 0 Å². The summed E-state index contributed by atoms with van der Waals surface area (Å²) in [4.78, 5) is 0. The normalized spacial score (nSPS) is 12.1. The summed E-state index contributed by atoms with van der Waals surface area (Å²) >= 11 is 0. The Balaban J connectivity index is 2.17. The quantitative estimate of drug-likeness (QED) is 0.844. The Morgan fingerprint density at radius 2 is 1.88 bits per heavy atom. The number of anilines is 1. The monoisotopic (exact) mass is 231 g/mol. The van der Waals surface area contributed by atoms with E-state index in [0.29, 0.717) is 5.69 Å². The van der Waals surface area contributed by atoms with Crippen molar-refractivity contribution < 1.29 is 9.50 Å². The lowest BCUT2D eigenvalue weighted by atomic mass is 10.1. The maximum absolute atomic E-state index is 13.4. The minimum absolute atomic E-state index is 0.0704. The number of hydrogen-bond acceptors (Lipinski definition) is 2. The van der Waals surface area contributed by atoms with Gasteiger partial charge in [-0.05, 0) is 36.8 Å². The molecule has 1 atom stereocenters. The maximum Gasteiger partial charge on any atom is 0.146 e. The number of nitrogens with one attached hydrogen (secondary N) is 1. The lowest BCUT2D eigenvalue weighted by Gasteiger charge is -2.16. The first-order chi connectivity index (χ1) is 8.16. The first-order valence-electron chi connectivity index (χ1n) is 5.47. The van der Waals surface area contributed by atoms with Crippen LogP contribution in [0.15, 0.2) is 48.5 Å². The summed E-state index contributed by atoms with van der Waals surface area (Å²) in [5, 5.41) is 12.4. The minimum atomic E-state index is -0.278. The fraction of sp³-hybridized carbons (Fsp3) is 0.143. The van der Waals surface area contributed by atoms with Crippen molar-refractivity contribution in [2.24, 2.45) is 0 Å². The van der Waals surface area contributed by atoms with Gasteiger partial charge < -0.3 is 10.4 Å². The number of halogens is 1. The number of phenolic OH excluding ortho intramolecular Hbond substituents is 1. The van der Waals surface area contributed by atoms with Crippen molar-refractivity contribution in [2.45, 2.75) is 13.0 Å². The second kappa shape index (κ2) is 4.87. The van der Waals surface area contributed by atoms with E-state index in [9.17, 15) is 9.50 Å². The van der Waals surface area contributed by atoms with E-state index in [-0.39, 0.29) is 17.6 Å². The molecule has 0 saturated heterocycles. The fourth-order valence-electron chi connectivity index (χ4n) is 1.69. The lowest BCUT2D eigenvalue weighted by molar-refractivity contribution is 0.474. The van der Waals surface area contributed by atoms with Gasteiger partial charge in [-0.2, -0.15) is 0 Å². The molecule has 0 saturated carbocycles. The topological polar surface area (TPSA) is 32.3 Å². The van der Waals surface area contributed by atoms with Crippen LogP contribution < -0.4 is 5.32 Å². The summed E-state index contributed by atoms with van der Waals surface area (Å²) in [7, 11) is 0. The average molecular weight is 231 g/mol. The second-order valence-corrected chi connectivity index (χ2v) is 3.94. The molecular formula is C14H14FNO. The van der Waals surface area contributed by atoms with Crippen LogP contribution in [-0.4, -0.2) is 5.11 Å². The summed E-state index contributed by atoms with van der Waals surface area (Å²) < 4.78 is 13.4. The van der Waals surface area contributed by atoms with Gasteiger partial charge in [-0.3, -0.25) is 0 Å². The maximum atomic E-state index is 13.4. The molecule has 2 nitrogen and oxygen atoms in total. The first-order valence-corrected chi connectivity index (χ1v) is 5.47. The van der Waals surface area contributed by atoms with Crippen LogP contribution in [-0.2, 0) is 0 Å². The number of benzene rings is 2. The highest BCUT2D eigenvalue weighted by atomic mass is 19.1. The van der Waals surface area contributed by atoms with Crippen molar-refractivity contribution >= 4 is 5.69 Å². The minimum Gasteiger partial charge on any atom is -0.508 e. The molecule has 0 bridgehead atoms. The van der Waals surface area contributed by atoms with Gasteiger partial charge in [-0.1, -0.05) is 24.3 Å². The zero-order chi connectivity index (χ0) is 12.3. The van der Waals surface area contributed by atoms with Crippen molar-refractivity contribution in [1.29, 1.82) is 0 Å². The molecule has 0 radical (unpaired) electrons. The molecule has 0 aromatic heterocycles. The average Bonchev–Trinajstić information content (AvgIpc) is 2.32. The predicted octanol–water partition coefficient (Wildman–Crippen LogP) is 3.70. The SMILES string of the molecule is CC(Nc1ccccc1F)c1cccc(O)c1. The number of rotatable bonds is 3. The van der Waals surface area contributed by atoms with E-state index in [4.69, 9.17) is 0 Å². The van der Waals surface area contributed by atoms with Crippen molar-refractivity contribution in [2.75, 3.05) is 5.32 Å². The van der Waals surface area contributed by atoms with Crippen molar-refractivity contribution in [3.05, 3.63) is 59.9 Å². The molecular weight excluding hydrogens is 217 g/mol. The van der Waals surface area contributed by atoms with Gasteiger partial charge in [0, 0.05) is 6.04 Å². The van der Waals surface area contributed by atoms with Gasteiger partial charge >= 0.3 is 0 Å². The Kier molecular flexibility index (Phi) is 3.28. The summed E-state index contributed by atoms with van der Waals surface area (Å²) in [6, 6.07) is 13.4. The third kappa shape index (κ3) is 2.75. The third-order valence-corrected chi connectivity index (χ3v) is 2.62. The summed E-state index contributed by atoms with van der Waals surface area (Å²) in [6.45, 7) is 1.92. The van der Waals surface area contributed by atoms with Gasteiger partial charge in [0.15, 0.2) is 0 Å². The highest BCUT2D eigenvalue weighted by Crippen LogP contribution is 2.23. The van der Waals surface area contributed by atoms with E-state index >= 15 is 0 Å². The third-order valence-electron chi connectivity index (χ3n) is 2.62. The van der Waals surface area contributed by atoms with Crippen LogP contribution in [0.3, 0.4) is 0 Å². The number of para-hydroxylation sites is 1. The van der Waals surface area contributed by atoms with Crippen LogP contribution in [0.5, 0.6) is 5.75 Å². The standard InChI is InChI=1S/C14H14FNO/c1-10(11-5-4-6-12(17)9-11)16-14-8-3-2-7-13(14)15/h2-10,16-17H,1H3. The molecule has 2 aromatic carbocycles. The lowest BCUT2D eigenvalue weighted by Crippen LogP contribution is -2.07. The van der Waals surface area contributed by atoms with Gasteiger partial charge in [0.25, 0.3) is 0 Å². The number of aromatic hydroxyl groups is 1. The molecule has 2 rings (SSSR count). The summed E-state index contributed by atoms with van der Waals surface area (Å²) in [5.74, 6) is -0.0656. The van der Waals surface area contributed by atoms with Gasteiger partial charge in [-0.15, -0.1) is 0 Å². The van der Waals surface area contributed by atoms with Crippen molar-refractivity contribution in [1.82, 2.24) is 0 Å². The van der Waals surface area contributed by atoms with Crippen LogP contribution in [0.2, 0.25) is 0 Å². The van der Waals surface area contributed by atoms with E-state index in [0.717, 1.165) is 5.56 Å². The van der Waals surface area contributed by atoms with Crippen molar-refractivity contribution in [3.8, 4) is 5.75 Å².